The van der Waals surface area contributed by atoms with Gasteiger partial charge in [-0.25, -0.2) is 0 Å². The van der Waals surface area contributed by atoms with E-state index in [0.717, 1.165) is 23.6 Å². The molecular formula is C11H23NOS. The van der Waals surface area contributed by atoms with Gasteiger partial charge in [0.2, 0.25) is 0 Å². The summed E-state index contributed by atoms with van der Waals surface area (Å²) < 4.78 is 0. The molecule has 0 aromatic carbocycles. The second-order valence-corrected chi connectivity index (χ2v) is 5.64. The van der Waals surface area contributed by atoms with Crippen molar-refractivity contribution in [1.82, 2.24) is 5.32 Å². The van der Waals surface area contributed by atoms with E-state index in [-0.39, 0.29) is 0 Å². The van der Waals surface area contributed by atoms with Crippen molar-refractivity contribution in [2.75, 3.05) is 18.9 Å². The Morgan fingerprint density at radius 3 is 2.93 bits per heavy atom. The third kappa shape index (κ3) is 4.20. The summed E-state index contributed by atoms with van der Waals surface area (Å²) in [6, 6.07) is 0.752. The van der Waals surface area contributed by atoms with Crippen molar-refractivity contribution in [3.63, 3.8) is 0 Å². The van der Waals surface area contributed by atoms with Crippen molar-refractivity contribution < 1.29 is 5.11 Å². The maximum absolute atomic E-state index is 8.92. The molecule has 0 spiro atoms. The van der Waals surface area contributed by atoms with Crippen molar-refractivity contribution in [3.8, 4) is 0 Å². The fraction of sp³-hybridized carbons (Fsp3) is 1.00. The molecule has 0 heterocycles. The van der Waals surface area contributed by atoms with E-state index in [4.69, 9.17) is 5.11 Å². The molecule has 1 aliphatic carbocycles. The van der Waals surface area contributed by atoms with E-state index < -0.39 is 0 Å². The standard InChI is InChI=1S/C11H23NOS/c1-3-12-10-4-5-11(6-10)14-8-9(2)7-13/h9-13H,3-8H2,1-2H3. The number of nitrogens with one attached hydrogen (secondary N) is 1. The normalized spacial score (nSPS) is 29.4. The van der Waals surface area contributed by atoms with E-state index in [1.165, 1.54) is 19.3 Å². The maximum Gasteiger partial charge on any atom is 0.0464 e. The summed E-state index contributed by atoms with van der Waals surface area (Å²) in [5.41, 5.74) is 0. The van der Waals surface area contributed by atoms with Gasteiger partial charge in [0.25, 0.3) is 0 Å². The van der Waals surface area contributed by atoms with Gasteiger partial charge >= 0.3 is 0 Å². The number of aliphatic hydroxyl groups is 1. The SMILES string of the molecule is CCNC1CCC(SCC(C)CO)C1. The summed E-state index contributed by atoms with van der Waals surface area (Å²) in [5.74, 6) is 1.57. The van der Waals surface area contributed by atoms with Gasteiger partial charge in [0.15, 0.2) is 0 Å². The second kappa shape index (κ2) is 6.70. The first-order chi connectivity index (χ1) is 6.76. The van der Waals surface area contributed by atoms with Gasteiger partial charge < -0.3 is 10.4 Å². The van der Waals surface area contributed by atoms with E-state index >= 15 is 0 Å². The molecule has 0 saturated heterocycles. The van der Waals surface area contributed by atoms with Crippen LogP contribution in [0.15, 0.2) is 0 Å². The number of hydrogen-bond donors (Lipinski definition) is 2. The van der Waals surface area contributed by atoms with Gasteiger partial charge in [0.1, 0.15) is 0 Å². The van der Waals surface area contributed by atoms with Crippen molar-refractivity contribution in [2.45, 2.75) is 44.4 Å². The van der Waals surface area contributed by atoms with E-state index in [2.05, 4.69) is 19.2 Å². The zero-order chi connectivity index (χ0) is 10.4. The third-order valence-electron chi connectivity index (χ3n) is 2.81. The molecule has 2 N–H and O–H groups in total. The number of hydrogen-bond acceptors (Lipinski definition) is 3. The van der Waals surface area contributed by atoms with Crippen molar-refractivity contribution in [1.29, 1.82) is 0 Å². The van der Waals surface area contributed by atoms with Crippen molar-refractivity contribution in [2.24, 2.45) is 5.92 Å². The second-order valence-electron chi connectivity index (χ2n) is 4.31. The molecule has 0 aromatic rings. The van der Waals surface area contributed by atoms with Gasteiger partial charge in [-0.2, -0.15) is 11.8 Å². The first-order valence-corrected chi connectivity index (χ1v) is 6.77. The Bertz CT molecular complexity index is 154. The van der Waals surface area contributed by atoms with Gasteiger partial charge in [-0.1, -0.05) is 13.8 Å². The Morgan fingerprint density at radius 2 is 2.29 bits per heavy atom. The van der Waals surface area contributed by atoms with Crippen LogP contribution >= 0.6 is 11.8 Å². The molecule has 1 saturated carbocycles. The van der Waals surface area contributed by atoms with Crippen LogP contribution in [0.2, 0.25) is 0 Å². The molecule has 0 aliphatic heterocycles. The largest absolute Gasteiger partial charge is 0.396 e. The average Bonchev–Trinajstić information content (AvgIpc) is 2.63. The molecule has 1 aliphatic rings. The summed E-state index contributed by atoms with van der Waals surface area (Å²) in [5, 5.41) is 13.3. The molecular weight excluding hydrogens is 194 g/mol. The molecule has 3 atom stereocenters. The summed E-state index contributed by atoms with van der Waals surface area (Å²) in [7, 11) is 0. The molecule has 0 aromatic heterocycles. The lowest BCUT2D eigenvalue weighted by Crippen LogP contribution is -2.26. The lowest BCUT2D eigenvalue weighted by Gasteiger charge is -2.13. The molecule has 0 amide bonds. The molecule has 1 rings (SSSR count). The Labute approximate surface area is 91.9 Å². The summed E-state index contributed by atoms with van der Waals surface area (Å²) in [6.07, 6.45) is 4.00. The Hall–Kier alpha value is 0.270. The van der Waals surface area contributed by atoms with E-state index in [1.807, 2.05) is 11.8 Å². The highest BCUT2D eigenvalue weighted by Crippen LogP contribution is 2.30. The lowest BCUT2D eigenvalue weighted by atomic mass is 10.2. The van der Waals surface area contributed by atoms with E-state index in [0.29, 0.717) is 12.5 Å². The maximum atomic E-state index is 8.92. The van der Waals surface area contributed by atoms with E-state index in [9.17, 15) is 0 Å². The fourth-order valence-corrected chi connectivity index (χ4v) is 3.30. The number of thioether (sulfide) groups is 1. The summed E-state index contributed by atoms with van der Waals surface area (Å²) in [6.45, 7) is 5.71. The van der Waals surface area contributed by atoms with Crippen LogP contribution in [-0.2, 0) is 0 Å². The summed E-state index contributed by atoms with van der Waals surface area (Å²) >= 11 is 2.05. The molecule has 3 heteroatoms. The molecule has 1 fully saturated rings. The predicted octanol–water partition coefficient (Wildman–Crippen LogP) is 1.88. The van der Waals surface area contributed by atoms with Crippen LogP contribution in [0.1, 0.15) is 33.1 Å². The highest BCUT2D eigenvalue weighted by atomic mass is 32.2. The molecule has 84 valence electrons. The summed E-state index contributed by atoms with van der Waals surface area (Å²) in [4.78, 5) is 0. The Morgan fingerprint density at radius 1 is 1.50 bits per heavy atom. The minimum atomic E-state index is 0.330. The lowest BCUT2D eigenvalue weighted by molar-refractivity contribution is 0.250. The number of aliphatic hydroxyl groups excluding tert-OH is 1. The first-order valence-electron chi connectivity index (χ1n) is 5.72. The van der Waals surface area contributed by atoms with Crippen LogP contribution in [0.5, 0.6) is 0 Å². The average molecular weight is 217 g/mol. The number of rotatable bonds is 6. The quantitative estimate of drug-likeness (QED) is 0.712. The fourth-order valence-electron chi connectivity index (χ4n) is 1.92. The van der Waals surface area contributed by atoms with Crippen LogP contribution in [-0.4, -0.2) is 35.3 Å². The van der Waals surface area contributed by atoms with Crippen molar-refractivity contribution >= 4 is 11.8 Å². The van der Waals surface area contributed by atoms with Gasteiger partial charge in [-0.3, -0.25) is 0 Å². The topological polar surface area (TPSA) is 32.3 Å². The highest BCUT2D eigenvalue weighted by molar-refractivity contribution is 7.99. The van der Waals surface area contributed by atoms with Gasteiger partial charge in [-0.05, 0) is 37.5 Å². The third-order valence-corrected chi connectivity index (χ3v) is 4.47. The molecule has 14 heavy (non-hydrogen) atoms. The molecule has 2 nitrogen and oxygen atoms in total. The van der Waals surface area contributed by atoms with Crippen LogP contribution in [0.3, 0.4) is 0 Å². The zero-order valence-corrected chi connectivity index (χ0v) is 10.1. The molecule has 0 bridgehead atoms. The monoisotopic (exact) mass is 217 g/mol. The minimum absolute atomic E-state index is 0.330. The Kier molecular flexibility index (Phi) is 5.90. The van der Waals surface area contributed by atoms with E-state index in [1.54, 1.807) is 0 Å². The first kappa shape index (κ1) is 12.3. The van der Waals surface area contributed by atoms with Crippen LogP contribution < -0.4 is 5.32 Å². The van der Waals surface area contributed by atoms with Gasteiger partial charge in [0, 0.05) is 17.9 Å². The van der Waals surface area contributed by atoms with Crippen LogP contribution in [0.25, 0.3) is 0 Å². The van der Waals surface area contributed by atoms with Gasteiger partial charge in [-0.15, -0.1) is 0 Å². The highest BCUT2D eigenvalue weighted by Gasteiger charge is 2.24. The predicted molar refractivity (Wildman–Crippen MR) is 63.8 cm³/mol. The van der Waals surface area contributed by atoms with Crippen LogP contribution in [0.4, 0.5) is 0 Å². The van der Waals surface area contributed by atoms with Crippen molar-refractivity contribution in [3.05, 3.63) is 0 Å². The van der Waals surface area contributed by atoms with Gasteiger partial charge in [0.05, 0.1) is 0 Å². The smallest absolute Gasteiger partial charge is 0.0464 e. The minimum Gasteiger partial charge on any atom is -0.396 e. The molecule has 0 radical (unpaired) electrons. The van der Waals surface area contributed by atoms with Crippen LogP contribution in [0, 0.1) is 5.92 Å². The molecule has 3 unspecified atom stereocenters. The zero-order valence-electron chi connectivity index (χ0n) is 9.33. The Balaban J connectivity index is 2.09.